The minimum atomic E-state index is -0.0194. The summed E-state index contributed by atoms with van der Waals surface area (Å²) >= 11 is 5.81. The molecule has 0 aliphatic carbocycles. The molecular formula is C13H12ClNO. The van der Waals surface area contributed by atoms with Crippen LogP contribution in [0.3, 0.4) is 0 Å². The van der Waals surface area contributed by atoms with Crippen molar-refractivity contribution in [3.8, 4) is 0 Å². The Labute approximate surface area is 99.5 Å². The van der Waals surface area contributed by atoms with E-state index in [2.05, 4.69) is 4.98 Å². The van der Waals surface area contributed by atoms with E-state index in [0.717, 1.165) is 22.7 Å². The number of hydrogen-bond acceptors (Lipinski definition) is 2. The largest absolute Gasteiger partial charge is 0.390 e. The summed E-state index contributed by atoms with van der Waals surface area (Å²) in [6.07, 6.45) is 0.755. The lowest BCUT2D eigenvalue weighted by Gasteiger charge is -2.03. The molecule has 0 atom stereocenters. The molecule has 0 spiro atoms. The third-order valence-electron chi connectivity index (χ3n) is 2.32. The van der Waals surface area contributed by atoms with Crippen molar-refractivity contribution in [2.24, 2.45) is 0 Å². The molecule has 2 rings (SSSR count). The van der Waals surface area contributed by atoms with Crippen molar-refractivity contribution in [3.63, 3.8) is 0 Å². The van der Waals surface area contributed by atoms with E-state index in [9.17, 15) is 0 Å². The molecule has 2 nitrogen and oxygen atoms in total. The summed E-state index contributed by atoms with van der Waals surface area (Å²) in [7, 11) is 0. The van der Waals surface area contributed by atoms with Crippen molar-refractivity contribution < 1.29 is 5.11 Å². The van der Waals surface area contributed by atoms with Crippen LogP contribution in [0, 0.1) is 0 Å². The van der Waals surface area contributed by atoms with Crippen LogP contribution in [0.15, 0.2) is 42.5 Å². The fourth-order valence-corrected chi connectivity index (χ4v) is 1.65. The Kier molecular flexibility index (Phi) is 3.54. The van der Waals surface area contributed by atoms with Crippen molar-refractivity contribution in [2.75, 3.05) is 0 Å². The summed E-state index contributed by atoms with van der Waals surface area (Å²) in [5.74, 6) is 0. The fraction of sp³-hybridized carbons (Fsp3) is 0.154. The zero-order valence-electron chi connectivity index (χ0n) is 8.73. The van der Waals surface area contributed by atoms with E-state index < -0.39 is 0 Å². The Bertz CT molecular complexity index is 468. The molecule has 0 unspecified atom stereocenters. The summed E-state index contributed by atoms with van der Waals surface area (Å²) in [4.78, 5) is 4.33. The zero-order chi connectivity index (χ0) is 11.4. The lowest BCUT2D eigenvalue weighted by atomic mass is 10.1. The zero-order valence-corrected chi connectivity index (χ0v) is 9.48. The van der Waals surface area contributed by atoms with E-state index in [1.165, 1.54) is 0 Å². The van der Waals surface area contributed by atoms with Crippen molar-refractivity contribution in [1.82, 2.24) is 4.98 Å². The van der Waals surface area contributed by atoms with Gasteiger partial charge < -0.3 is 5.11 Å². The van der Waals surface area contributed by atoms with Gasteiger partial charge >= 0.3 is 0 Å². The summed E-state index contributed by atoms with van der Waals surface area (Å²) < 4.78 is 0. The molecule has 1 aromatic heterocycles. The highest BCUT2D eigenvalue weighted by Crippen LogP contribution is 2.12. The molecular weight excluding hydrogens is 222 g/mol. The first-order valence-electron chi connectivity index (χ1n) is 5.08. The van der Waals surface area contributed by atoms with E-state index in [0.29, 0.717) is 5.69 Å². The number of aliphatic hydroxyl groups is 1. The number of rotatable bonds is 3. The summed E-state index contributed by atoms with van der Waals surface area (Å²) in [6, 6.07) is 13.4. The Morgan fingerprint density at radius 1 is 1.00 bits per heavy atom. The Morgan fingerprint density at radius 2 is 1.69 bits per heavy atom. The highest BCUT2D eigenvalue weighted by Gasteiger charge is 1.99. The second-order valence-electron chi connectivity index (χ2n) is 3.58. The van der Waals surface area contributed by atoms with Crippen LogP contribution in [0.2, 0.25) is 5.02 Å². The third-order valence-corrected chi connectivity index (χ3v) is 2.58. The molecule has 2 aromatic rings. The molecule has 0 aliphatic rings. The number of benzene rings is 1. The topological polar surface area (TPSA) is 33.1 Å². The van der Waals surface area contributed by atoms with Crippen molar-refractivity contribution >= 4 is 11.6 Å². The molecule has 0 amide bonds. The molecule has 1 aromatic carbocycles. The van der Waals surface area contributed by atoms with E-state index >= 15 is 0 Å². The number of hydrogen-bond donors (Lipinski definition) is 1. The van der Waals surface area contributed by atoms with Crippen molar-refractivity contribution in [2.45, 2.75) is 13.0 Å². The first-order chi connectivity index (χ1) is 7.78. The fourth-order valence-electron chi connectivity index (χ4n) is 1.53. The van der Waals surface area contributed by atoms with Crippen LogP contribution in [-0.4, -0.2) is 10.1 Å². The molecule has 0 saturated carbocycles. The third kappa shape index (κ3) is 2.81. The van der Waals surface area contributed by atoms with Gasteiger partial charge in [0.25, 0.3) is 0 Å². The molecule has 0 radical (unpaired) electrons. The van der Waals surface area contributed by atoms with Gasteiger partial charge in [-0.1, -0.05) is 29.8 Å². The van der Waals surface area contributed by atoms with Gasteiger partial charge in [0, 0.05) is 17.1 Å². The predicted molar refractivity (Wildman–Crippen MR) is 64.4 cm³/mol. The van der Waals surface area contributed by atoms with Gasteiger partial charge in [-0.15, -0.1) is 0 Å². The maximum Gasteiger partial charge on any atom is 0.0853 e. The minimum absolute atomic E-state index is 0.0194. The summed E-state index contributed by atoms with van der Waals surface area (Å²) in [5.41, 5.74) is 2.81. The van der Waals surface area contributed by atoms with E-state index in [4.69, 9.17) is 16.7 Å². The van der Waals surface area contributed by atoms with Crippen molar-refractivity contribution in [1.29, 1.82) is 0 Å². The number of nitrogens with zero attached hydrogens (tertiary/aromatic N) is 1. The van der Waals surface area contributed by atoms with Crippen LogP contribution >= 0.6 is 11.6 Å². The molecule has 0 aliphatic heterocycles. The van der Waals surface area contributed by atoms with E-state index in [1.807, 2.05) is 42.5 Å². The lowest BCUT2D eigenvalue weighted by molar-refractivity contribution is 0.276. The van der Waals surface area contributed by atoms with Crippen LogP contribution in [0.25, 0.3) is 0 Å². The van der Waals surface area contributed by atoms with Gasteiger partial charge in [0.1, 0.15) is 0 Å². The van der Waals surface area contributed by atoms with Gasteiger partial charge in [0.15, 0.2) is 0 Å². The second kappa shape index (κ2) is 5.10. The number of aromatic nitrogens is 1. The minimum Gasteiger partial charge on any atom is -0.390 e. The highest BCUT2D eigenvalue weighted by atomic mass is 35.5. The molecule has 0 saturated heterocycles. The van der Waals surface area contributed by atoms with Crippen LogP contribution in [0.1, 0.15) is 17.0 Å². The van der Waals surface area contributed by atoms with Crippen LogP contribution in [0.5, 0.6) is 0 Å². The summed E-state index contributed by atoms with van der Waals surface area (Å²) in [6.45, 7) is -0.0194. The monoisotopic (exact) mass is 233 g/mol. The first-order valence-corrected chi connectivity index (χ1v) is 5.46. The van der Waals surface area contributed by atoms with Crippen LogP contribution < -0.4 is 0 Å². The summed E-state index contributed by atoms with van der Waals surface area (Å²) in [5, 5.41) is 9.72. The normalized spacial score (nSPS) is 10.4. The Morgan fingerprint density at radius 3 is 2.38 bits per heavy atom. The average molecular weight is 234 g/mol. The van der Waals surface area contributed by atoms with Gasteiger partial charge in [-0.05, 0) is 29.8 Å². The van der Waals surface area contributed by atoms with Gasteiger partial charge in [-0.25, -0.2) is 0 Å². The molecule has 0 bridgehead atoms. The smallest absolute Gasteiger partial charge is 0.0853 e. The first kappa shape index (κ1) is 11.1. The molecule has 16 heavy (non-hydrogen) atoms. The highest BCUT2D eigenvalue weighted by molar-refractivity contribution is 6.30. The van der Waals surface area contributed by atoms with Gasteiger partial charge in [0.05, 0.1) is 12.3 Å². The average Bonchev–Trinajstić information content (AvgIpc) is 2.32. The molecule has 0 fully saturated rings. The standard InChI is InChI=1S/C13H12ClNO/c14-11-6-4-10(5-7-11)8-12-2-1-3-13(9-16)15-12/h1-7,16H,8-9H2. The lowest BCUT2D eigenvalue weighted by Crippen LogP contribution is -1.96. The van der Waals surface area contributed by atoms with E-state index in [1.54, 1.807) is 0 Å². The SMILES string of the molecule is OCc1cccc(Cc2ccc(Cl)cc2)n1. The van der Waals surface area contributed by atoms with E-state index in [-0.39, 0.29) is 6.61 Å². The van der Waals surface area contributed by atoms with Crippen LogP contribution in [-0.2, 0) is 13.0 Å². The molecule has 3 heteroatoms. The number of aliphatic hydroxyl groups excluding tert-OH is 1. The maximum absolute atomic E-state index is 8.98. The quantitative estimate of drug-likeness (QED) is 0.885. The maximum atomic E-state index is 8.98. The second-order valence-corrected chi connectivity index (χ2v) is 4.02. The molecule has 1 heterocycles. The molecule has 82 valence electrons. The number of pyridine rings is 1. The Balaban J connectivity index is 2.16. The van der Waals surface area contributed by atoms with Crippen LogP contribution in [0.4, 0.5) is 0 Å². The van der Waals surface area contributed by atoms with Gasteiger partial charge in [0.2, 0.25) is 0 Å². The molecule has 1 N–H and O–H groups in total. The number of halogens is 1. The van der Waals surface area contributed by atoms with Crippen molar-refractivity contribution in [3.05, 3.63) is 64.4 Å². The predicted octanol–water partition coefficient (Wildman–Crippen LogP) is 2.82. The van der Waals surface area contributed by atoms with Gasteiger partial charge in [-0.3, -0.25) is 4.98 Å². The Hall–Kier alpha value is -1.38. The van der Waals surface area contributed by atoms with Gasteiger partial charge in [-0.2, -0.15) is 0 Å².